The molecule has 1 aromatic heterocycles. The first-order chi connectivity index (χ1) is 5.81. The first-order valence-electron chi connectivity index (χ1n) is 3.85. The summed E-state index contributed by atoms with van der Waals surface area (Å²) in [5, 5.41) is 1.96. The summed E-state index contributed by atoms with van der Waals surface area (Å²) in [6.45, 7) is 2.06. The molecule has 0 saturated heterocycles. The van der Waals surface area contributed by atoms with Crippen molar-refractivity contribution in [3.05, 3.63) is 35.6 Å². The van der Waals surface area contributed by atoms with Crippen LogP contribution in [-0.2, 0) is 5.33 Å². The molecule has 1 heterocycles. The molecule has 0 amide bonds. The lowest BCUT2D eigenvalue weighted by Crippen LogP contribution is -1.69. The van der Waals surface area contributed by atoms with Gasteiger partial charge in [-0.1, -0.05) is 34.1 Å². The largest absolute Gasteiger partial charge is 0.460 e. The van der Waals surface area contributed by atoms with E-state index in [9.17, 15) is 0 Å². The molecule has 0 fully saturated rings. The van der Waals surface area contributed by atoms with Gasteiger partial charge in [0.1, 0.15) is 11.3 Å². The van der Waals surface area contributed by atoms with Crippen LogP contribution in [0.25, 0.3) is 11.0 Å². The first kappa shape index (κ1) is 7.87. The highest BCUT2D eigenvalue weighted by Crippen LogP contribution is 2.23. The number of aryl methyl sites for hydroxylation is 1. The lowest BCUT2D eigenvalue weighted by Gasteiger charge is -1.91. The minimum atomic E-state index is 0.779. The molecular weight excluding hydrogens is 216 g/mol. The molecule has 0 radical (unpaired) electrons. The summed E-state index contributed by atoms with van der Waals surface area (Å²) in [7, 11) is 0. The molecule has 0 aliphatic rings. The number of furan rings is 1. The van der Waals surface area contributed by atoms with Crippen LogP contribution in [0.15, 0.2) is 28.7 Å². The lowest BCUT2D eigenvalue weighted by molar-refractivity contribution is 0.573. The Morgan fingerprint density at radius 1 is 1.42 bits per heavy atom. The molecular formula is C10H9BrO. The average Bonchev–Trinajstić information content (AvgIpc) is 2.49. The smallest absolute Gasteiger partial charge is 0.137 e. The van der Waals surface area contributed by atoms with Gasteiger partial charge in [-0.25, -0.2) is 0 Å². The van der Waals surface area contributed by atoms with Gasteiger partial charge in [-0.2, -0.15) is 0 Å². The van der Waals surface area contributed by atoms with Gasteiger partial charge in [0.05, 0.1) is 5.33 Å². The quantitative estimate of drug-likeness (QED) is 0.675. The Bertz CT molecular complexity index is 403. The second-order valence-electron chi connectivity index (χ2n) is 2.84. The zero-order valence-electron chi connectivity index (χ0n) is 6.80. The molecule has 0 saturated carbocycles. The lowest BCUT2D eigenvalue weighted by atomic mass is 10.2. The Morgan fingerprint density at radius 3 is 2.92 bits per heavy atom. The van der Waals surface area contributed by atoms with Crippen molar-refractivity contribution in [2.45, 2.75) is 12.3 Å². The van der Waals surface area contributed by atoms with Crippen molar-refractivity contribution in [3.8, 4) is 0 Å². The van der Waals surface area contributed by atoms with Gasteiger partial charge in [-0.15, -0.1) is 0 Å². The number of fused-ring (bicyclic) bond motifs is 1. The van der Waals surface area contributed by atoms with E-state index in [4.69, 9.17) is 4.42 Å². The molecule has 0 unspecified atom stereocenters. The Morgan fingerprint density at radius 2 is 2.25 bits per heavy atom. The summed E-state index contributed by atoms with van der Waals surface area (Å²) in [5.74, 6) is 0.985. The Kier molecular flexibility index (Phi) is 1.93. The fourth-order valence-electron chi connectivity index (χ4n) is 1.33. The SMILES string of the molecule is Cc1cccc2cc(CBr)oc12. The number of hydrogen-bond donors (Lipinski definition) is 0. The predicted molar refractivity (Wildman–Crippen MR) is 53.6 cm³/mol. The highest BCUT2D eigenvalue weighted by molar-refractivity contribution is 9.08. The van der Waals surface area contributed by atoms with Gasteiger partial charge >= 0.3 is 0 Å². The van der Waals surface area contributed by atoms with Gasteiger partial charge in [0.25, 0.3) is 0 Å². The van der Waals surface area contributed by atoms with E-state index in [2.05, 4.69) is 41.1 Å². The summed E-state index contributed by atoms with van der Waals surface area (Å²) >= 11 is 3.37. The topological polar surface area (TPSA) is 13.1 Å². The van der Waals surface area contributed by atoms with Crippen molar-refractivity contribution in [2.75, 3.05) is 0 Å². The van der Waals surface area contributed by atoms with E-state index in [1.54, 1.807) is 0 Å². The van der Waals surface area contributed by atoms with Crippen LogP contribution in [0.3, 0.4) is 0 Å². The van der Waals surface area contributed by atoms with Crippen molar-refractivity contribution >= 4 is 26.9 Å². The van der Waals surface area contributed by atoms with Gasteiger partial charge in [0.2, 0.25) is 0 Å². The standard InChI is InChI=1S/C10H9BrO/c1-7-3-2-4-8-5-9(6-11)12-10(7)8/h2-5H,6H2,1H3. The van der Waals surface area contributed by atoms with Crippen LogP contribution in [0.4, 0.5) is 0 Å². The van der Waals surface area contributed by atoms with Crippen molar-refractivity contribution in [2.24, 2.45) is 0 Å². The van der Waals surface area contributed by atoms with Gasteiger partial charge in [0, 0.05) is 5.39 Å². The minimum Gasteiger partial charge on any atom is -0.460 e. The maximum absolute atomic E-state index is 5.60. The summed E-state index contributed by atoms with van der Waals surface area (Å²) in [5.41, 5.74) is 2.20. The number of halogens is 1. The number of benzene rings is 1. The fourth-order valence-corrected chi connectivity index (χ4v) is 1.60. The van der Waals surface area contributed by atoms with Crippen LogP contribution in [0, 0.1) is 6.92 Å². The van der Waals surface area contributed by atoms with E-state index >= 15 is 0 Å². The third kappa shape index (κ3) is 1.16. The van der Waals surface area contributed by atoms with Crippen LogP contribution >= 0.6 is 15.9 Å². The van der Waals surface area contributed by atoms with Crippen LogP contribution < -0.4 is 0 Å². The summed E-state index contributed by atoms with van der Waals surface area (Å²) in [4.78, 5) is 0. The normalized spacial score (nSPS) is 10.8. The van der Waals surface area contributed by atoms with Crippen LogP contribution in [0.2, 0.25) is 0 Å². The molecule has 0 N–H and O–H groups in total. The van der Waals surface area contributed by atoms with Crippen molar-refractivity contribution in [3.63, 3.8) is 0 Å². The number of para-hydroxylation sites is 1. The fraction of sp³-hybridized carbons (Fsp3) is 0.200. The van der Waals surface area contributed by atoms with Crippen molar-refractivity contribution in [1.29, 1.82) is 0 Å². The monoisotopic (exact) mass is 224 g/mol. The van der Waals surface area contributed by atoms with Crippen LogP contribution in [-0.4, -0.2) is 0 Å². The summed E-state index contributed by atoms with van der Waals surface area (Å²) < 4.78 is 5.60. The first-order valence-corrected chi connectivity index (χ1v) is 4.97. The summed E-state index contributed by atoms with van der Waals surface area (Å²) in [6.07, 6.45) is 0. The molecule has 12 heavy (non-hydrogen) atoms. The van der Waals surface area contributed by atoms with Gasteiger partial charge < -0.3 is 4.42 Å². The van der Waals surface area contributed by atoms with Crippen molar-refractivity contribution < 1.29 is 4.42 Å². The molecule has 2 rings (SSSR count). The molecule has 2 heteroatoms. The minimum absolute atomic E-state index is 0.779. The Labute approximate surface area is 79.5 Å². The van der Waals surface area contributed by atoms with E-state index in [-0.39, 0.29) is 0 Å². The Hall–Kier alpha value is -0.760. The average molecular weight is 225 g/mol. The summed E-state index contributed by atoms with van der Waals surface area (Å²) in [6, 6.07) is 8.24. The van der Waals surface area contributed by atoms with Crippen LogP contribution in [0.1, 0.15) is 11.3 Å². The molecule has 0 aliphatic carbocycles. The maximum Gasteiger partial charge on any atom is 0.137 e. The third-order valence-electron chi connectivity index (χ3n) is 1.92. The maximum atomic E-state index is 5.60. The molecule has 1 nitrogen and oxygen atoms in total. The third-order valence-corrected chi connectivity index (χ3v) is 2.48. The number of alkyl halides is 1. The van der Waals surface area contributed by atoms with E-state index in [1.807, 2.05) is 6.07 Å². The van der Waals surface area contributed by atoms with E-state index in [0.29, 0.717) is 0 Å². The highest BCUT2D eigenvalue weighted by atomic mass is 79.9. The molecule has 0 bridgehead atoms. The zero-order valence-corrected chi connectivity index (χ0v) is 8.39. The molecule has 1 aromatic carbocycles. The van der Waals surface area contributed by atoms with Gasteiger partial charge in [-0.05, 0) is 18.6 Å². The highest BCUT2D eigenvalue weighted by Gasteiger charge is 2.03. The van der Waals surface area contributed by atoms with Crippen LogP contribution in [0.5, 0.6) is 0 Å². The van der Waals surface area contributed by atoms with Crippen molar-refractivity contribution in [1.82, 2.24) is 0 Å². The van der Waals surface area contributed by atoms with E-state index in [1.165, 1.54) is 10.9 Å². The van der Waals surface area contributed by atoms with E-state index in [0.717, 1.165) is 16.7 Å². The molecule has 2 aromatic rings. The molecule has 62 valence electrons. The van der Waals surface area contributed by atoms with E-state index < -0.39 is 0 Å². The molecule has 0 atom stereocenters. The second kappa shape index (κ2) is 2.94. The van der Waals surface area contributed by atoms with Gasteiger partial charge in [-0.3, -0.25) is 0 Å². The Balaban J connectivity index is 2.74. The second-order valence-corrected chi connectivity index (χ2v) is 3.40. The number of hydrogen-bond acceptors (Lipinski definition) is 1. The zero-order chi connectivity index (χ0) is 8.55. The molecule has 0 spiro atoms. The molecule has 0 aliphatic heterocycles. The van der Waals surface area contributed by atoms with Gasteiger partial charge in [0.15, 0.2) is 0 Å². The number of rotatable bonds is 1. The predicted octanol–water partition coefficient (Wildman–Crippen LogP) is 3.64.